The van der Waals surface area contributed by atoms with E-state index in [1.807, 2.05) is 61.5 Å². The summed E-state index contributed by atoms with van der Waals surface area (Å²) >= 11 is 6.41. The Morgan fingerprint density at radius 3 is 2.32 bits per heavy atom. The molecule has 2 aliphatic rings. The van der Waals surface area contributed by atoms with Gasteiger partial charge in [0.2, 0.25) is 11.8 Å². The van der Waals surface area contributed by atoms with Gasteiger partial charge in [0.15, 0.2) is 0 Å². The summed E-state index contributed by atoms with van der Waals surface area (Å²) in [6.45, 7) is 4.32. The number of halogens is 1. The second-order valence-electron chi connectivity index (χ2n) is 11.7. The van der Waals surface area contributed by atoms with Crippen molar-refractivity contribution in [2.24, 2.45) is 0 Å². The fourth-order valence-corrected chi connectivity index (χ4v) is 6.62. The van der Waals surface area contributed by atoms with Crippen molar-refractivity contribution >= 4 is 43.0 Å². The molecule has 2 aliphatic heterocycles. The van der Waals surface area contributed by atoms with E-state index in [1.54, 1.807) is 22.1 Å². The van der Waals surface area contributed by atoms with Gasteiger partial charge in [-0.3, -0.25) is 9.59 Å². The first-order valence-corrected chi connectivity index (χ1v) is 17.0. The molecule has 0 aromatic heterocycles. The fraction of sp³-hybridized carbons (Fsp3) is 0.303. The van der Waals surface area contributed by atoms with Crippen LogP contribution in [0.5, 0.6) is 5.75 Å². The van der Waals surface area contributed by atoms with E-state index < -0.39 is 26.1 Å². The predicted molar refractivity (Wildman–Crippen MR) is 176 cm³/mol. The smallest absolute Gasteiger partial charge is 0.780 e. The van der Waals surface area contributed by atoms with Crippen molar-refractivity contribution in [2.45, 2.75) is 31.7 Å². The Kier molecular flexibility index (Phi) is 15.5. The summed E-state index contributed by atoms with van der Waals surface area (Å²) in [6.07, 6.45) is 0.793. The molecule has 2 atom stereocenters. The third-order valence-electron chi connectivity index (χ3n) is 8.10. The van der Waals surface area contributed by atoms with E-state index in [-0.39, 0.29) is 116 Å². The van der Waals surface area contributed by atoms with E-state index in [2.05, 4.69) is 16.4 Å². The number of hydrogen-bond donors (Lipinski definition) is 1. The largest absolute Gasteiger partial charge is 1.00 e. The molecule has 5 rings (SSSR count). The number of amides is 4. The van der Waals surface area contributed by atoms with Crippen LogP contribution in [-0.2, 0) is 33.7 Å². The predicted octanol–water partition coefficient (Wildman–Crippen LogP) is -3.64. The van der Waals surface area contributed by atoms with Crippen LogP contribution in [0.1, 0.15) is 16.7 Å². The number of phosphoric ester groups is 1. The van der Waals surface area contributed by atoms with Crippen LogP contribution in [0, 0.1) is 0 Å². The molecular formula is C33H36ClN6Na2O7P. The molecule has 13 nitrogen and oxygen atoms in total. The van der Waals surface area contributed by atoms with Gasteiger partial charge in [0, 0.05) is 40.2 Å². The van der Waals surface area contributed by atoms with Crippen molar-refractivity contribution in [3.05, 3.63) is 107 Å². The van der Waals surface area contributed by atoms with Crippen molar-refractivity contribution in [2.75, 3.05) is 38.6 Å². The van der Waals surface area contributed by atoms with Crippen LogP contribution in [0.4, 0.5) is 10.5 Å². The van der Waals surface area contributed by atoms with Gasteiger partial charge in [0.1, 0.15) is 25.8 Å². The van der Waals surface area contributed by atoms with Crippen LogP contribution in [0.25, 0.3) is 0 Å². The zero-order valence-electron chi connectivity index (χ0n) is 28.5. The molecule has 2 fully saturated rings. The Bertz CT molecular complexity index is 1720. The Hall–Kier alpha value is -2.39. The van der Waals surface area contributed by atoms with E-state index in [1.165, 1.54) is 34.2 Å². The average Bonchev–Trinajstić information content (AvgIpc) is 3.03. The van der Waals surface area contributed by atoms with Crippen molar-refractivity contribution < 1.29 is 92.4 Å². The summed E-state index contributed by atoms with van der Waals surface area (Å²) in [5.41, 5.74) is 3.04. The maximum atomic E-state index is 14.3. The van der Waals surface area contributed by atoms with Crippen LogP contribution < -0.4 is 83.6 Å². The number of piperazine rings is 1. The molecule has 4 amide bonds. The van der Waals surface area contributed by atoms with E-state index in [4.69, 9.17) is 11.6 Å². The summed E-state index contributed by atoms with van der Waals surface area (Å²) in [4.78, 5) is 69.1. The summed E-state index contributed by atoms with van der Waals surface area (Å²) < 4.78 is 15.5. The second kappa shape index (κ2) is 18.4. The summed E-state index contributed by atoms with van der Waals surface area (Å²) in [5, 5.41) is 6.61. The SMILES string of the molecule is C=CCN1CC(=O)N2[C@H](Cc3ccc(OP(=O)([O-])[O-])cc3)C(=O)N(Cc3ccc(Cl)c(N(C)C)c3)C[C@@H]2N1C(=O)NCc1ccccc1.[Na+].[Na+]. The molecule has 254 valence electrons. The third-order valence-corrected chi connectivity index (χ3v) is 8.85. The molecule has 0 spiro atoms. The van der Waals surface area contributed by atoms with Gasteiger partial charge in [-0.25, -0.2) is 14.8 Å². The molecule has 50 heavy (non-hydrogen) atoms. The van der Waals surface area contributed by atoms with E-state index in [0.717, 1.165) is 16.8 Å². The molecule has 0 aliphatic carbocycles. The number of nitrogens with one attached hydrogen (secondary N) is 1. The number of rotatable bonds is 11. The maximum Gasteiger partial charge on any atom is 1.00 e. The van der Waals surface area contributed by atoms with E-state index in [9.17, 15) is 28.7 Å². The van der Waals surface area contributed by atoms with Crippen LogP contribution in [0.15, 0.2) is 85.5 Å². The standard InChI is InChI=1S/C33H38ClN6O7P.2Na/c1-4-16-38-22-31(41)39-29(17-23-10-13-26(14-11-23)47-48(44,45)46)32(42)37(20-25-12-15-27(34)28(18-25)36(2)3)21-30(39)40(38)33(43)35-19-24-8-6-5-7-9-24;;/h4-15,18,29-30H,1,16-17,19-22H2,2-3H3,(H,35,43)(H2,44,45,46);;/q;2*+1/p-2/t29-,30+;;/m1../s1. The van der Waals surface area contributed by atoms with Gasteiger partial charge in [0.25, 0.3) is 0 Å². The minimum Gasteiger partial charge on any atom is -0.780 e. The molecule has 2 saturated heterocycles. The Morgan fingerprint density at radius 2 is 1.70 bits per heavy atom. The molecule has 17 heteroatoms. The van der Waals surface area contributed by atoms with Gasteiger partial charge in [-0.05, 0) is 41.0 Å². The van der Waals surface area contributed by atoms with Crippen LogP contribution in [0.2, 0.25) is 5.02 Å². The van der Waals surface area contributed by atoms with Crippen molar-refractivity contribution in [1.82, 2.24) is 25.1 Å². The van der Waals surface area contributed by atoms with Gasteiger partial charge < -0.3 is 38.9 Å². The molecule has 0 radical (unpaired) electrons. The number of phosphoric acid groups is 1. The summed E-state index contributed by atoms with van der Waals surface area (Å²) in [5.74, 6) is -0.838. The monoisotopic (exact) mass is 740 g/mol. The number of fused-ring (bicyclic) bond motifs is 1. The van der Waals surface area contributed by atoms with Gasteiger partial charge >= 0.3 is 65.1 Å². The molecule has 2 heterocycles. The number of carbonyl (C=O) groups is 3. The Balaban J connectivity index is 0.00000338. The average molecular weight is 741 g/mol. The van der Waals surface area contributed by atoms with Crippen molar-refractivity contribution in [1.29, 1.82) is 0 Å². The summed E-state index contributed by atoms with van der Waals surface area (Å²) in [6, 6.07) is 19.1. The zero-order chi connectivity index (χ0) is 34.6. The second-order valence-corrected chi connectivity index (χ2v) is 13.2. The van der Waals surface area contributed by atoms with Gasteiger partial charge in [-0.2, -0.15) is 0 Å². The number of hydrazine groups is 1. The third kappa shape index (κ3) is 10.4. The van der Waals surface area contributed by atoms with Crippen LogP contribution in [-0.4, -0.2) is 83.6 Å². The van der Waals surface area contributed by atoms with Gasteiger partial charge in [-0.15, -0.1) is 6.58 Å². The molecule has 1 N–H and O–H groups in total. The minimum absolute atomic E-state index is 0. The van der Waals surface area contributed by atoms with Gasteiger partial charge in [-0.1, -0.05) is 66.2 Å². The maximum absolute atomic E-state index is 14.3. The Labute approximate surface area is 341 Å². The minimum atomic E-state index is -5.26. The van der Waals surface area contributed by atoms with Crippen molar-refractivity contribution in [3.8, 4) is 5.75 Å². The van der Waals surface area contributed by atoms with Crippen LogP contribution >= 0.6 is 19.4 Å². The first-order valence-electron chi connectivity index (χ1n) is 15.2. The van der Waals surface area contributed by atoms with Crippen LogP contribution in [0.3, 0.4) is 0 Å². The first-order chi connectivity index (χ1) is 22.8. The topological polar surface area (TPSA) is 152 Å². The first kappa shape index (κ1) is 42.0. The fourth-order valence-electron chi connectivity index (χ4n) is 5.96. The molecule has 3 aromatic carbocycles. The zero-order valence-corrected chi connectivity index (χ0v) is 34.2. The Morgan fingerprint density at radius 1 is 1.04 bits per heavy atom. The number of carbonyl (C=O) groups excluding carboxylic acids is 3. The van der Waals surface area contributed by atoms with Gasteiger partial charge in [0.05, 0.1) is 23.8 Å². The quantitative estimate of drug-likeness (QED) is 0.119. The number of anilines is 1. The molecule has 0 unspecified atom stereocenters. The summed E-state index contributed by atoms with van der Waals surface area (Å²) in [7, 11) is -1.54. The number of hydrogen-bond acceptors (Lipinski definition) is 9. The molecule has 0 bridgehead atoms. The molecular weight excluding hydrogens is 705 g/mol. The molecule has 0 saturated carbocycles. The normalized spacial score (nSPS) is 17.7. The molecule has 3 aromatic rings. The van der Waals surface area contributed by atoms with E-state index >= 15 is 0 Å². The van der Waals surface area contributed by atoms with Crippen molar-refractivity contribution in [3.63, 3.8) is 0 Å². The number of urea groups is 1. The van der Waals surface area contributed by atoms with E-state index in [0.29, 0.717) is 10.6 Å². The number of benzene rings is 3. The number of nitrogens with zero attached hydrogens (tertiary/aromatic N) is 5.